The number of methoxy groups -OCH3 is 1. The number of aromatic nitrogens is 2. The standard InChI is InChI=1S/C19H20N4O3/c1-23(19(24)20-15-9-6-10-16(13-15)25-2)12-11-17-21-18(26-22-17)14-7-4-3-5-8-14/h3-10,13H,11-12H2,1-2H3,(H,20,24). The van der Waals surface area contributed by atoms with Gasteiger partial charge in [0.1, 0.15) is 5.75 Å². The second kappa shape index (κ2) is 8.15. The second-order valence-corrected chi connectivity index (χ2v) is 5.72. The lowest BCUT2D eigenvalue weighted by Crippen LogP contribution is -2.33. The van der Waals surface area contributed by atoms with Crippen molar-refractivity contribution in [2.45, 2.75) is 6.42 Å². The van der Waals surface area contributed by atoms with E-state index in [0.29, 0.717) is 36.1 Å². The van der Waals surface area contributed by atoms with Crippen LogP contribution in [0.25, 0.3) is 11.5 Å². The van der Waals surface area contributed by atoms with Crippen molar-refractivity contribution in [3.63, 3.8) is 0 Å². The Morgan fingerprint density at radius 2 is 2.00 bits per heavy atom. The van der Waals surface area contributed by atoms with Gasteiger partial charge in [0.2, 0.25) is 0 Å². The summed E-state index contributed by atoms with van der Waals surface area (Å²) >= 11 is 0. The van der Waals surface area contributed by atoms with Crippen molar-refractivity contribution in [2.24, 2.45) is 0 Å². The molecular formula is C19H20N4O3. The summed E-state index contributed by atoms with van der Waals surface area (Å²) in [5.74, 6) is 1.72. The quantitative estimate of drug-likeness (QED) is 0.735. The van der Waals surface area contributed by atoms with Gasteiger partial charge in [-0.3, -0.25) is 0 Å². The van der Waals surface area contributed by atoms with Crippen molar-refractivity contribution in [3.05, 3.63) is 60.4 Å². The predicted molar refractivity (Wildman–Crippen MR) is 98.1 cm³/mol. The Morgan fingerprint density at radius 3 is 2.77 bits per heavy atom. The third-order valence-electron chi connectivity index (χ3n) is 3.83. The number of carbonyl (C=O) groups is 1. The van der Waals surface area contributed by atoms with Crippen LogP contribution in [-0.2, 0) is 6.42 Å². The molecule has 134 valence electrons. The van der Waals surface area contributed by atoms with E-state index < -0.39 is 0 Å². The van der Waals surface area contributed by atoms with Gasteiger partial charge in [-0.1, -0.05) is 29.4 Å². The lowest BCUT2D eigenvalue weighted by molar-refractivity contribution is 0.222. The van der Waals surface area contributed by atoms with E-state index in [2.05, 4.69) is 15.5 Å². The van der Waals surface area contributed by atoms with Gasteiger partial charge in [-0.15, -0.1) is 0 Å². The van der Waals surface area contributed by atoms with Crippen LogP contribution in [0.2, 0.25) is 0 Å². The average Bonchev–Trinajstić information content (AvgIpc) is 3.16. The molecule has 2 aromatic carbocycles. The van der Waals surface area contributed by atoms with Crippen LogP contribution in [0.15, 0.2) is 59.1 Å². The topological polar surface area (TPSA) is 80.5 Å². The van der Waals surface area contributed by atoms with Crippen LogP contribution in [0.3, 0.4) is 0 Å². The Kier molecular flexibility index (Phi) is 5.48. The van der Waals surface area contributed by atoms with Crippen molar-refractivity contribution >= 4 is 11.7 Å². The lowest BCUT2D eigenvalue weighted by atomic mass is 10.2. The summed E-state index contributed by atoms with van der Waals surface area (Å²) in [6.45, 7) is 0.462. The fourth-order valence-electron chi connectivity index (χ4n) is 2.34. The number of hydrogen-bond acceptors (Lipinski definition) is 5. The van der Waals surface area contributed by atoms with Crippen LogP contribution in [0.5, 0.6) is 5.75 Å². The number of rotatable bonds is 6. The maximum atomic E-state index is 12.3. The molecule has 3 aromatic rings. The fraction of sp³-hybridized carbons (Fsp3) is 0.211. The molecule has 0 aliphatic heterocycles. The van der Waals surface area contributed by atoms with Crippen LogP contribution in [-0.4, -0.2) is 41.8 Å². The van der Waals surface area contributed by atoms with E-state index in [1.807, 2.05) is 42.5 Å². The molecule has 1 heterocycles. The molecule has 7 heteroatoms. The van der Waals surface area contributed by atoms with Crippen molar-refractivity contribution < 1.29 is 14.1 Å². The number of ether oxygens (including phenoxy) is 1. The van der Waals surface area contributed by atoms with E-state index in [1.165, 1.54) is 0 Å². The number of amides is 2. The molecule has 0 radical (unpaired) electrons. The predicted octanol–water partition coefficient (Wildman–Crippen LogP) is 3.45. The van der Waals surface area contributed by atoms with Gasteiger partial charge < -0.3 is 19.5 Å². The number of hydrogen-bond donors (Lipinski definition) is 1. The SMILES string of the molecule is COc1cccc(NC(=O)N(C)CCc2noc(-c3ccccc3)n2)c1. The minimum absolute atomic E-state index is 0.218. The molecule has 0 spiro atoms. The Bertz CT molecular complexity index is 864. The number of likely N-dealkylation sites (N-methyl/N-ethyl adjacent to an activating group) is 1. The summed E-state index contributed by atoms with van der Waals surface area (Å²) in [7, 11) is 3.30. The third-order valence-corrected chi connectivity index (χ3v) is 3.83. The Balaban J connectivity index is 1.54. The first-order valence-electron chi connectivity index (χ1n) is 8.20. The zero-order valence-electron chi connectivity index (χ0n) is 14.7. The average molecular weight is 352 g/mol. The Morgan fingerprint density at radius 1 is 1.19 bits per heavy atom. The van der Waals surface area contributed by atoms with E-state index in [0.717, 1.165) is 5.56 Å². The highest BCUT2D eigenvalue weighted by atomic mass is 16.5. The number of urea groups is 1. The minimum atomic E-state index is -0.218. The van der Waals surface area contributed by atoms with Gasteiger partial charge >= 0.3 is 6.03 Å². The van der Waals surface area contributed by atoms with E-state index in [1.54, 1.807) is 31.2 Å². The first kappa shape index (κ1) is 17.5. The number of benzene rings is 2. The van der Waals surface area contributed by atoms with Gasteiger partial charge in [0.05, 0.1) is 7.11 Å². The van der Waals surface area contributed by atoms with Crippen molar-refractivity contribution in [3.8, 4) is 17.2 Å². The summed E-state index contributed by atoms with van der Waals surface area (Å²) in [6.07, 6.45) is 0.498. The summed E-state index contributed by atoms with van der Waals surface area (Å²) in [4.78, 5) is 18.2. The molecule has 0 aliphatic rings. The fourth-order valence-corrected chi connectivity index (χ4v) is 2.34. The summed E-state index contributed by atoms with van der Waals surface area (Å²) < 4.78 is 10.4. The maximum absolute atomic E-state index is 12.3. The van der Waals surface area contributed by atoms with Crippen LogP contribution in [0.4, 0.5) is 10.5 Å². The molecule has 1 aromatic heterocycles. The minimum Gasteiger partial charge on any atom is -0.497 e. The molecule has 0 saturated heterocycles. The summed E-state index contributed by atoms with van der Waals surface area (Å²) in [5.41, 5.74) is 1.54. The van der Waals surface area contributed by atoms with Crippen LogP contribution in [0.1, 0.15) is 5.82 Å². The second-order valence-electron chi connectivity index (χ2n) is 5.72. The van der Waals surface area contributed by atoms with Crippen molar-refractivity contribution in [2.75, 3.05) is 26.0 Å². The molecule has 0 atom stereocenters. The molecule has 0 aliphatic carbocycles. The highest BCUT2D eigenvalue weighted by Gasteiger charge is 2.12. The van der Waals surface area contributed by atoms with Crippen LogP contribution in [0, 0.1) is 0 Å². The highest BCUT2D eigenvalue weighted by Crippen LogP contribution is 2.18. The van der Waals surface area contributed by atoms with Gasteiger partial charge in [-0.05, 0) is 24.3 Å². The normalized spacial score (nSPS) is 10.4. The first-order valence-corrected chi connectivity index (χ1v) is 8.20. The molecule has 0 unspecified atom stereocenters. The largest absolute Gasteiger partial charge is 0.497 e. The summed E-state index contributed by atoms with van der Waals surface area (Å²) in [6, 6.07) is 16.6. The van der Waals surface area contributed by atoms with E-state index in [-0.39, 0.29) is 6.03 Å². The van der Waals surface area contributed by atoms with Crippen molar-refractivity contribution in [1.82, 2.24) is 15.0 Å². The molecule has 0 saturated carbocycles. The third kappa shape index (κ3) is 4.38. The zero-order chi connectivity index (χ0) is 18.4. The molecule has 1 N–H and O–H groups in total. The molecule has 0 fully saturated rings. The lowest BCUT2D eigenvalue weighted by Gasteiger charge is -2.17. The van der Waals surface area contributed by atoms with E-state index >= 15 is 0 Å². The molecule has 2 amide bonds. The van der Waals surface area contributed by atoms with Gasteiger partial charge in [-0.2, -0.15) is 4.98 Å². The first-order chi connectivity index (χ1) is 12.7. The molecule has 0 bridgehead atoms. The smallest absolute Gasteiger partial charge is 0.321 e. The number of nitrogens with zero attached hydrogens (tertiary/aromatic N) is 3. The molecular weight excluding hydrogens is 332 g/mol. The van der Waals surface area contributed by atoms with Gasteiger partial charge in [0, 0.05) is 37.3 Å². The monoisotopic (exact) mass is 352 g/mol. The maximum Gasteiger partial charge on any atom is 0.321 e. The number of carbonyl (C=O) groups excluding carboxylic acids is 1. The van der Waals surface area contributed by atoms with Crippen molar-refractivity contribution in [1.29, 1.82) is 0 Å². The Hall–Kier alpha value is -3.35. The van der Waals surface area contributed by atoms with Gasteiger partial charge in [0.15, 0.2) is 5.82 Å². The molecule has 26 heavy (non-hydrogen) atoms. The van der Waals surface area contributed by atoms with Gasteiger partial charge in [-0.25, -0.2) is 4.79 Å². The summed E-state index contributed by atoms with van der Waals surface area (Å²) in [5, 5.41) is 6.80. The molecule has 7 nitrogen and oxygen atoms in total. The molecule has 3 rings (SSSR count). The Labute approximate surface area is 151 Å². The van der Waals surface area contributed by atoms with Gasteiger partial charge in [0.25, 0.3) is 5.89 Å². The van der Waals surface area contributed by atoms with Crippen LogP contribution < -0.4 is 10.1 Å². The zero-order valence-corrected chi connectivity index (χ0v) is 14.7. The van der Waals surface area contributed by atoms with E-state index in [4.69, 9.17) is 9.26 Å². The number of nitrogens with one attached hydrogen (secondary N) is 1. The van der Waals surface area contributed by atoms with Crippen LogP contribution >= 0.6 is 0 Å². The van der Waals surface area contributed by atoms with E-state index in [9.17, 15) is 4.79 Å². The number of anilines is 1. The highest BCUT2D eigenvalue weighted by molar-refractivity contribution is 5.89.